The molecule has 0 aliphatic heterocycles. The molecular weight excluding hydrogens is 423 g/mol. The maximum absolute atomic E-state index is 7.58. The van der Waals surface area contributed by atoms with E-state index in [-0.39, 0.29) is 5.17 Å². The molecule has 0 bridgehead atoms. The fourth-order valence-corrected chi connectivity index (χ4v) is 3.08. The first-order valence-electron chi connectivity index (χ1n) is 8.07. The van der Waals surface area contributed by atoms with Crippen LogP contribution in [0.15, 0.2) is 36.8 Å². The number of H-pyrrole nitrogens is 3. The number of aromatic amines is 3. The van der Waals surface area contributed by atoms with Gasteiger partial charge in [-0.15, -0.1) is 0 Å². The van der Waals surface area contributed by atoms with E-state index in [2.05, 4.69) is 35.5 Å². The average Bonchev–Trinajstić information content (AvgIpc) is 3.38. The second-order valence-corrected chi connectivity index (χ2v) is 7.08. The highest BCUT2D eigenvalue weighted by Crippen LogP contribution is 2.26. The van der Waals surface area contributed by atoms with Gasteiger partial charge in [0.2, 0.25) is 0 Å². The number of benzene rings is 1. The third-order valence-electron chi connectivity index (χ3n) is 3.93. The van der Waals surface area contributed by atoms with Gasteiger partial charge >= 0.3 is 0 Å². The maximum atomic E-state index is 7.58. The number of hydrogen-bond donors (Lipinski definition) is 5. The summed E-state index contributed by atoms with van der Waals surface area (Å²) in [6.45, 7) is 0.349. The molecular formula is C17H13Cl3N8. The monoisotopic (exact) mass is 434 g/mol. The first-order valence-corrected chi connectivity index (χ1v) is 9.21. The summed E-state index contributed by atoms with van der Waals surface area (Å²) in [5.74, 6) is 1.20. The number of fused-ring (bicyclic) bond motifs is 1. The van der Waals surface area contributed by atoms with Gasteiger partial charge < -0.3 is 15.3 Å². The Bertz CT molecular complexity index is 1130. The van der Waals surface area contributed by atoms with Crippen molar-refractivity contribution in [2.45, 2.75) is 6.54 Å². The number of rotatable bonds is 6. The number of nitrogens with zero attached hydrogens (tertiary/aromatic N) is 3. The summed E-state index contributed by atoms with van der Waals surface area (Å²) >= 11 is 17.9. The van der Waals surface area contributed by atoms with Crippen LogP contribution in [0.2, 0.25) is 10.0 Å². The molecule has 0 spiro atoms. The molecule has 1 aromatic carbocycles. The van der Waals surface area contributed by atoms with Crippen LogP contribution in [0.4, 0.5) is 0 Å². The van der Waals surface area contributed by atoms with Crippen molar-refractivity contribution in [2.24, 2.45) is 0 Å². The zero-order chi connectivity index (χ0) is 19.7. The molecule has 0 saturated carbocycles. The van der Waals surface area contributed by atoms with Crippen molar-refractivity contribution >= 4 is 56.7 Å². The van der Waals surface area contributed by atoms with E-state index in [0.29, 0.717) is 39.5 Å². The Hall–Kier alpha value is -2.81. The SMILES string of the molecule is N=C(Cl)/C=C(/NCc1nc2cc(Cl)c(Cl)cc2[nH]1)c1ncc(-c2cn[nH]c2)[nH]1. The van der Waals surface area contributed by atoms with Crippen LogP contribution in [0.25, 0.3) is 28.0 Å². The topological polar surface area (TPSA) is 122 Å². The lowest BCUT2D eigenvalue weighted by atomic mass is 10.3. The Balaban J connectivity index is 1.57. The van der Waals surface area contributed by atoms with Crippen molar-refractivity contribution in [3.8, 4) is 11.3 Å². The lowest BCUT2D eigenvalue weighted by Crippen LogP contribution is -2.14. The Morgan fingerprint density at radius 1 is 1.18 bits per heavy atom. The molecule has 0 atom stereocenters. The van der Waals surface area contributed by atoms with E-state index in [1.165, 1.54) is 6.08 Å². The molecule has 28 heavy (non-hydrogen) atoms. The Morgan fingerprint density at radius 3 is 2.75 bits per heavy atom. The number of halogens is 3. The molecule has 8 nitrogen and oxygen atoms in total. The standard InChI is InChI=1S/C17H13Cl3N8/c18-9-1-11-12(2-10(9)19)27-16(26-11)7-22-13(3-15(20)21)17-23-6-14(28-17)8-4-24-25-5-8/h1-6,21-22H,7H2,(H,23,28)(H,24,25)(H,26,27)/b13-3+,21-15?. The molecule has 0 amide bonds. The van der Waals surface area contributed by atoms with Crippen molar-refractivity contribution in [1.29, 1.82) is 5.41 Å². The van der Waals surface area contributed by atoms with Gasteiger partial charge in [-0.1, -0.05) is 34.8 Å². The molecule has 142 valence electrons. The Labute approximate surface area is 173 Å². The second-order valence-electron chi connectivity index (χ2n) is 5.86. The summed E-state index contributed by atoms with van der Waals surface area (Å²) in [7, 11) is 0. The fraction of sp³-hybridized carbons (Fsp3) is 0.0588. The molecule has 0 aliphatic carbocycles. The minimum absolute atomic E-state index is 0.132. The van der Waals surface area contributed by atoms with Crippen LogP contribution in [-0.4, -0.2) is 35.3 Å². The van der Waals surface area contributed by atoms with Gasteiger partial charge in [0.1, 0.15) is 11.0 Å². The predicted molar refractivity (Wildman–Crippen MR) is 111 cm³/mol. The summed E-state index contributed by atoms with van der Waals surface area (Å²) in [6, 6.07) is 3.43. The summed E-state index contributed by atoms with van der Waals surface area (Å²) in [4.78, 5) is 15.2. The van der Waals surface area contributed by atoms with Gasteiger partial charge in [-0.2, -0.15) is 5.10 Å². The molecule has 4 aromatic rings. The van der Waals surface area contributed by atoms with Crippen molar-refractivity contribution in [1.82, 2.24) is 35.5 Å². The van der Waals surface area contributed by atoms with Crippen LogP contribution in [-0.2, 0) is 6.54 Å². The predicted octanol–water partition coefficient (Wildman–Crippen LogP) is 4.33. The highest BCUT2D eigenvalue weighted by Gasteiger charge is 2.11. The highest BCUT2D eigenvalue weighted by atomic mass is 35.5. The Kier molecular flexibility index (Phi) is 5.08. The smallest absolute Gasteiger partial charge is 0.154 e. The summed E-state index contributed by atoms with van der Waals surface area (Å²) in [5.41, 5.74) is 3.69. The molecule has 0 fully saturated rings. The van der Waals surface area contributed by atoms with Crippen LogP contribution in [0.3, 0.4) is 0 Å². The number of allylic oxidation sites excluding steroid dienone is 1. The van der Waals surface area contributed by atoms with E-state index >= 15 is 0 Å². The first-order chi connectivity index (χ1) is 13.5. The molecule has 0 aliphatic rings. The molecule has 5 N–H and O–H groups in total. The van der Waals surface area contributed by atoms with Crippen LogP contribution >= 0.6 is 34.8 Å². The van der Waals surface area contributed by atoms with Crippen molar-refractivity contribution < 1.29 is 0 Å². The fourth-order valence-electron chi connectivity index (χ4n) is 2.65. The first kappa shape index (κ1) is 18.5. The third-order valence-corrected chi connectivity index (χ3v) is 4.76. The van der Waals surface area contributed by atoms with Crippen molar-refractivity contribution in [3.63, 3.8) is 0 Å². The molecule has 0 saturated heterocycles. The molecule has 3 aromatic heterocycles. The Morgan fingerprint density at radius 2 is 2.00 bits per heavy atom. The highest BCUT2D eigenvalue weighted by molar-refractivity contribution is 6.68. The summed E-state index contributed by atoms with van der Waals surface area (Å²) in [5, 5.41) is 18.2. The normalized spacial score (nSPS) is 11.9. The molecule has 0 radical (unpaired) electrons. The van der Waals surface area contributed by atoms with Gasteiger partial charge in [0, 0.05) is 17.8 Å². The van der Waals surface area contributed by atoms with Gasteiger partial charge in [0.15, 0.2) is 5.82 Å². The van der Waals surface area contributed by atoms with E-state index in [0.717, 1.165) is 16.8 Å². The number of nitrogens with one attached hydrogen (secondary N) is 5. The largest absolute Gasteiger partial charge is 0.375 e. The lowest BCUT2D eigenvalue weighted by Gasteiger charge is -2.07. The van der Waals surface area contributed by atoms with Crippen LogP contribution in [0.1, 0.15) is 11.6 Å². The van der Waals surface area contributed by atoms with E-state index in [4.69, 9.17) is 40.2 Å². The van der Waals surface area contributed by atoms with Gasteiger partial charge in [-0.25, -0.2) is 9.97 Å². The van der Waals surface area contributed by atoms with E-state index in [9.17, 15) is 0 Å². The van der Waals surface area contributed by atoms with Gasteiger partial charge in [0.05, 0.1) is 51.4 Å². The maximum Gasteiger partial charge on any atom is 0.154 e. The van der Waals surface area contributed by atoms with Crippen LogP contribution in [0, 0.1) is 5.41 Å². The third kappa shape index (κ3) is 3.89. The van der Waals surface area contributed by atoms with E-state index in [1.807, 2.05) is 0 Å². The molecule has 3 heterocycles. The van der Waals surface area contributed by atoms with Crippen LogP contribution in [0.5, 0.6) is 0 Å². The summed E-state index contributed by atoms with van der Waals surface area (Å²) < 4.78 is 0. The second kappa shape index (κ2) is 7.67. The zero-order valence-electron chi connectivity index (χ0n) is 14.1. The van der Waals surface area contributed by atoms with Crippen molar-refractivity contribution in [2.75, 3.05) is 0 Å². The number of imidazole rings is 2. The molecule has 0 unspecified atom stereocenters. The molecule has 11 heteroatoms. The number of hydrogen-bond acceptors (Lipinski definition) is 5. The average molecular weight is 436 g/mol. The van der Waals surface area contributed by atoms with Crippen LogP contribution < -0.4 is 5.32 Å². The minimum atomic E-state index is -0.132. The lowest BCUT2D eigenvalue weighted by molar-refractivity contribution is 0.825. The van der Waals surface area contributed by atoms with E-state index in [1.54, 1.807) is 30.7 Å². The van der Waals surface area contributed by atoms with Gasteiger partial charge in [0.25, 0.3) is 0 Å². The van der Waals surface area contributed by atoms with E-state index < -0.39 is 0 Å². The quantitative estimate of drug-likeness (QED) is 0.289. The van der Waals surface area contributed by atoms with Crippen molar-refractivity contribution in [3.05, 3.63) is 58.5 Å². The zero-order valence-corrected chi connectivity index (χ0v) is 16.4. The minimum Gasteiger partial charge on any atom is -0.375 e. The van der Waals surface area contributed by atoms with Gasteiger partial charge in [-0.3, -0.25) is 10.5 Å². The number of aromatic nitrogens is 6. The van der Waals surface area contributed by atoms with Gasteiger partial charge in [-0.05, 0) is 12.1 Å². The molecule has 4 rings (SSSR count). The summed E-state index contributed by atoms with van der Waals surface area (Å²) in [6.07, 6.45) is 6.58.